The molecule has 1 aromatic rings. The van der Waals surface area contributed by atoms with Crippen LogP contribution >= 0.6 is 11.8 Å². The molecular formula is C16H26N2O4S. The smallest absolute Gasteiger partial charge is 0.303 e. The zero-order valence-corrected chi connectivity index (χ0v) is 15.2. The molecular weight excluding hydrogens is 316 g/mol. The summed E-state index contributed by atoms with van der Waals surface area (Å²) in [5, 5.41) is 0.853. The standard InChI is InChI=1S/C16H26N2O4S/c1-5-6-7-8-9-23-16-17-14(10-21-12(2)19)15(18(16)4)11-22-13(3)20/h5-11H2,1-4H3. The predicted octanol–water partition coefficient (Wildman–Crippen LogP) is 3.22. The van der Waals surface area contributed by atoms with E-state index < -0.39 is 0 Å². The highest BCUT2D eigenvalue weighted by Crippen LogP contribution is 2.23. The number of imidazole rings is 1. The van der Waals surface area contributed by atoms with Gasteiger partial charge in [0.1, 0.15) is 18.9 Å². The Morgan fingerprint density at radius 3 is 2.35 bits per heavy atom. The minimum absolute atomic E-state index is 0.0934. The lowest BCUT2D eigenvalue weighted by molar-refractivity contribution is -0.144. The highest BCUT2D eigenvalue weighted by molar-refractivity contribution is 7.99. The number of aromatic nitrogens is 2. The van der Waals surface area contributed by atoms with E-state index in [0.717, 1.165) is 23.0 Å². The zero-order chi connectivity index (χ0) is 17.2. The number of carbonyl (C=O) groups is 2. The van der Waals surface area contributed by atoms with Crippen molar-refractivity contribution in [3.63, 3.8) is 0 Å². The fraction of sp³-hybridized carbons (Fsp3) is 0.688. The van der Waals surface area contributed by atoms with Gasteiger partial charge in [0.2, 0.25) is 0 Å². The maximum absolute atomic E-state index is 11.0. The number of unbranched alkanes of at least 4 members (excludes halogenated alkanes) is 3. The van der Waals surface area contributed by atoms with Crippen molar-refractivity contribution >= 4 is 23.7 Å². The van der Waals surface area contributed by atoms with Crippen molar-refractivity contribution < 1.29 is 19.1 Å². The van der Waals surface area contributed by atoms with Crippen LogP contribution in [0.3, 0.4) is 0 Å². The first kappa shape index (κ1) is 19.5. The second-order valence-electron chi connectivity index (χ2n) is 5.32. The first-order chi connectivity index (χ1) is 11.0. The maximum atomic E-state index is 11.0. The van der Waals surface area contributed by atoms with E-state index in [1.807, 2.05) is 11.6 Å². The van der Waals surface area contributed by atoms with E-state index in [1.165, 1.54) is 33.1 Å². The van der Waals surface area contributed by atoms with Gasteiger partial charge in [-0.05, 0) is 6.42 Å². The van der Waals surface area contributed by atoms with Gasteiger partial charge in [-0.15, -0.1) is 0 Å². The molecule has 0 fully saturated rings. The number of nitrogens with zero attached hydrogens (tertiary/aromatic N) is 2. The lowest BCUT2D eigenvalue weighted by Crippen LogP contribution is -2.08. The van der Waals surface area contributed by atoms with Gasteiger partial charge in [0.05, 0.1) is 5.69 Å². The normalized spacial score (nSPS) is 10.6. The van der Waals surface area contributed by atoms with Gasteiger partial charge in [-0.25, -0.2) is 4.98 Å². The van der Waals surface area contributed by atoms with Crippen LogP contribution in [0.15, 0.2) is 5.16 Å². The number of esters is 2. The number of rotatable bonds is 10. The van der Waals surface area contributed by atoms with Crippen LogP contribution in [-0.2, 0) is 39.3 Å². The largest absolute Gasteiger partial charge is 0.459 e. The molecule has 0 N–H and O–H groups in total. The van der Waals surface area contributed by atoms with Gasteiger partial charge in [-0.1, -0.05) is 37.9 Å². The Bertz CT molecular complexity index is 528. The van der Waals surface area contributed by atoms with Crippen LogP contribution in [0.4, 0.5) is 0 Å². The lowest BCUT2D eigenvalue weighted by Gasteiger charge is -2.07. The highest BCUT2D eigenvalue weighted by atomic mass is 32.2. The molecule has 6 nitrogen and oxygen atoms in total. The summed E-state index contributed by atoms with van der Waals surface area (Å²) in [6.45, 7) is 5.14. The van der Waals surface area contributed by atoms with E-state index >= 15 is 0 Å². The molecule has 0 radical (unpaired) electrons. The van der Waals surface area contributed by atoms with Crippen LogP contribution < -0.4 is 0 Å². The monoisotopic (exact) mass is 342 g/mol. The van der Waals surface area contributed by atoms with Crippen molar-refractivity contribution in [2.45, 2.75) is 64.8 Å². The van der Waals surface area contributed by atoms with Gasteiger partial charge in [0.15, 0.2) is 5.16 Å². The van der Waals surface area contributed by atoms with E-state index in [-0.39, 0.29) is 25.2 Å². The van der Waals surface area contributed by atoms with Crippen LogP contribution in [0.25, 0.3) is 0 Å². The number of hydrogen-bond donors (Lipinski definition) is 0. The lowest BCUT2D eigenvalue weighted by atomic mass is 10.2. The van der Waals surface area contributed by atoms with Crippen molar-refractivity contribution in [1.82, 2.24) is 9.55 Å². The summed E-state index contributed by atoms with van der Waals surface area (Å²) in [4.78, 5) is 26.6. The molecule has 0 amide bonds. The average Bonchev–Trinajstić information content (AvgIpc) is 2.78. The first-order valence-corrected chi connectivity index (χ1v) is 8.88. The molecule has 1 heterocycles. The molecule has 0 aliphatic carbocycles. The first-order valence-electron chi connectivity index (χ1n) is 7.89. The molecule has 0 atom stereocenters. The van der Waals surface area contributed by atoms with Crippen LogP contribution in [0.1, 0.15) is 57.8 Å². The molecule has 0 aliphatic rings. The van der Waals surface area contributed by atoms with Crippen LogP contribution in [0.5, 0.6) is 0 Å². The fourth-order valence-corrected chi connectivity index (χ4v) is 3.03. The highest BCUT2D eigenvalue weighted by Gasteiger charge is 2.17. The van der Waals surface area contributed by atoms with Crippen molar-refractivity contribution in [3.8, 4) is 0 Å². The van der Waals surface area contributed by atoms with Gasteiger partial charge in [-0.2, -0.15) is 0 Å². The molecule has 0 saturated heterocycles. The summed E-state index contributed by atoms with van der Waals surface area (Å²) < 4.78 is 12.0. The van der Waals surface area contributed by atoms with E-state index in [9.17, 15) is 9.59 Å². The van der Waals surface area contributed by atoms with Gasteiger partial charge >= 0.3 is 11.9 Å². The summed E-state index contributed by atoms with van der Waals surface area (Å²) in [5.41, 5.74) is 1.40. The zero-order valence-electron chi connectivity index (χ0n) is 14.4. The molecule has 1 rings (SSSR count). The molecule has 0 saturated carbocycles. The summed E-state index contributed by atoms with van der Waals surface area (Å²) in [6.07, 6.45) is 4.82. The quantitative estimate of drug-likeness (QED) is 0.369. The average molecular weight is 342 g/mol. The molecule has 23 heavy (non-hydrogen) atoms. The molecule has 1 aromatic heterocycles. The topological polar surface area (TPSA) is 70.4 Å². The Balaban J connectivity index is 2.74. The van der Waals surface area contributed by atoms with Gasteiger partial charge in [0.25, 0.3) is 0 Å². The van der Waals surface area contributed by atoms with Crippen molar-refractivity contribution in [2.24, 2.45) is 7.05 Å². The molecule has 0 aliphatic heterocycles. The summed E-state index contributed by atoms with van der Waals surface area (Å²) >= 11 is 1.67. The molecule has 0 bridgehead atoms. The molecule has 7 heteroatoms. The van der Waals surface area contributed by atoms with Crippen LogP contribution in [0.2, 0.25) is 0 Å². The SMILES string of the molecule is CCCCCCSc1nc(COC(C)=O)c(COC(C)=O)n1C. The molecule has 0 aromatic carbocycles. The van der Waals surface area contributed by atoms with Crippen LogP contribution in [-0.4, -0.2) is 27.2 Å². The summed E-state index contributed by atoms with van der Waals surface area (Å²) in [6, 6.07) is 0. The van der Waals surface area contributed by atoms with Crippen LogP contribution in [0, 0.1) is 0 Å². The maximum Gasteiger partial charge on any atom is 0.303 e. The second-order valence-corrected chi connectivity index (χ2v) is 6.38. The summed E-state index contributed by atoms with van der Waals surface area (Å²) in [7, 11) is 1.89. The van der Waals surface area contributed by atoms with E-state index in [4.69, 9.17) is 9.47 Å². The number of ether oxygens (including phenoxy) is 2. The third-order valence-corrected chi connectivity index (χ3v) is 4.43. The Hall–Kier alpha value is -1.50. The fourth-order valence-electron chi connectivity index (χ4n) is 2.02. The third-order valence-electron chi connectivity index (χ3n) is 3.31. The van der Waals surface area contributed by atoms with Crippen molar-refractivity contribution in [1.29, 1.82) is 0 Å². The number of hydrogen-bond acceptors (Lipinski definition) is 6. The predicted molar refractivity (Wildman–Crippen MR) is 89.0 cm³/mol. The third kappa shape index (κ3) is 7.07. The van der Waals surface area contributed by atoms with Gasteiger partial charge < -0.3 is 14.0 Å². The Morgan fingerprint density at radius 2 is 1.74 bits per heavy atom. The number of thioether (sulfide) groups is 1. The van der Waals surface area contributed by atoms with Gasteiger partial charge in [0, 0.05) is 26.6 Å². The Labute approximate surface area is 141 Å². The molecule has 130 valence electrons. The number of carbonyl (C=O) groups excluding carboxylic acids is 2. The summed E-state index contributed by atoms with van der Waals surface area (Å²) in [5.74, 6) is 0.284. The Kier molecular flexibility index (Phi) is 8.76. The minimum Gasteiger partial charge on any atom is -0.459 e. The van der Waals surface area contributed by atoms with E-state index in [0.29, 0.717) is 5.69 Å². The minimum atomic E-state index is -0.358. The second kappa shape index (κ2) is 10.3. The van der Waals surface area contributed by atoms with Gasteiger partial charge in [-0.3, -0.25) is 9.59 Å². The molecule has 0 spiro atoms. The molecule has 0 unspecified atom stereocenters. The van der Waals surface area contributed by atoms with E-state index in [1.54, 1.807) is 11.8 Å². The van der Waals surface area contributed by atoms with E-state index in [2.05, 4.69) is 11.9 Å². The Morgan fingerprint density at radius 1 is 1.09 bits per heavy atom. The van der Waals surface area contributed by atoms with Crippen molar-refractivity contribution in [3.05, 3.63) is 11.4 Å². The van der Waals surface area contributed by atoms with Crippen molar-refractivity contribution in [2.75, 3.05) is 5.75 Å².